The van der Waals surface area contributed by atoms with Crippen LogP contribution in [0.4, 0.5) is 5.69 Å². The van der Waals surface area contributed by atoms with Gasteiger partial charge in [-0.15, -0.1) is 0 Å². The number of aromatic nitrogens is 1. The molecule has 1 fully saturated rings. The topological polar surface area (TPSA) is 62.3 Å². The highest BCUT2D eigenvalue weighted by Gasteiger charge is 2.27. The molecule has 2 aromatic rings. The van der Waals surface area contributed by atoms with Crippen LogP contribution in [0.2, 0.25) is 5.15 Å². The number of amides is 2. The van der Waals surface area contributed by atoms with Crippen molar-refractivity contribution in [3.63, 3.8) is 0 Å². The molecule has 0 saturated carbocycles. The summed E-state index contributed by atoms with van der Waals surface area (Å²) in [5, 5.41) is 3.07. The van der Waals surface area contributed by atoms with Gasteiger partial charge in [0.2, 0.25) is 0 Å². The maximum absolute atomic E-state index is 13.0. The van der Waals surface area contributed by atoms with Crippen LogP contribution in [0, 0.1) is 11.8 Å². The Kier molecular flexibility index (Phi) is 5.57. The van der Waals surface area contributed by atoms with E-state index in [4.69, 9.17) is 11.6 Å². The van der Waals surface area contributed by atoms with Gasteiger partial charge in [0.05, 0.1) is 11.3 Å². The smallest absolute Gasteiger partial charge is 0.255 e. The molecule has 2 heterocycles. The fourth-order valence-electron chi connectivity index (χ4n) is 3.52. The van der Waals surface area contributed by atoms with Gasteiger partial charge in [0, 0.05) is 24.8 Å². The largest absolute Gasteiger partial charge is 0.338 e. The number of benzene rings is 1. The van der Waals surface area contributed by atoms with Crippen molar-refractivity contribution >= 4 is 29.1 Å². The van der Waals surface area contributed by atoms with Gasteiger partial charge in [0.15, 0.2) is 0 Å². The molecule has 1 aromatic heterocycles. The maximum atomic E-state index is 13.0. The summed E-state index contributed by atoms with van der Waals surface area (Å²) in [4.78, 5) is 31.3. The van der Waals surface area contributed by atoms with Gasteiger partial charge < -0.3 is 10.2 Å². The molecular formula is C20H22ClN3O2. The number of piperidine rings is 1. The minimum Gasteiger partial charge on any atom is -0.338 e. The number of pyridine rings is 1. The van der Waals surface area contributed by atoms with Gasteiger partial charge in [0.25, 0.3) is 11.8 Å². The molecule has 1 saturated heterocycles. The van der Waals surface area contributed by atoms with E-state index in [9.17, 15) is 9.59 Å². The average molecular weight is 372 g/mol. The molecule has 0 radical (unpaired) electrons. The number of anilines is 1. The first-order chi connectivity index (χ1) is 12.4. The van der Waals surface area contributed by atoms with Crippen LogP contribution in [0.1, 0.15) is 41.0 Å². The molecule has 2 atom stereocenters. The monoisotopic (exact) mass is 371 g/mol. The van der Waals surface area contributed by atoms with E-state index >= 15 is 0 Å². The summed E-state index contributed by atoms with van der Waals surface area (Å²) in [7, 11) is 0. The standard InChI is InChI=1S/C20H22ClN3O2/c1-13-9-14(2)12-24(11-13)20(26)16-5-3-4-6-17(16)23-19(25)15-7-8-22-18(21)10-15/h3-8,10,13-14H,9,11-12H2,1-2H3,(H,23,25). The lowest BCUT2D eigenvalue weighted by Crippen LogP contribution is -2.42. The predicted molar refractivity (Wildman–Crippen MR) is 102 cm³/mol. The van der Waals surface area contributed by atoms with Crippen molar-refractivity contribution in [2.24, 2.45) is 11.8 Å². The Hall–Kier alpha value is -2.40. The summed E-state index contributed by atoms with van der Waals surface area (Å²) < 4.78 is 0. The molecule has 0 bridgehead atoms. The van der Waals surface area contributed by atoms with Gasteiger partial charge in [-0.2, -0.15) is 0 Å². The first-order valence-electron chi connectivity index (χ1n) is 8.75. The highest BCUT2D eigenvalue weighted by molar-refractivity contribution is 6.29. The van der Waals surface area contributed by atoms with E-state index in [0.717, 1.165) is 19.5 Å². The quantitative estimate of drug-likeness (QED) is 0.826. The third kappa shape index (κ3) is 4.22. The molecule has 136 valence electrons. The lowest BCUT2D eigenvalue weighted by atomic mass is 9.91. The number of carbonyl (C=O) groups is 2. The SMILES string of the molecule is CC1CC(C)CN(C(=O)c2ccccc2NC(=O)c2ccnc(Cl)c2)C1. The number of carbonyl (C=O) groups excluding carboxylic acids is 2. The van der Waals surface area contributed by atoms with Crippen LogP contribution in [0.3, 0.4) is 0 Å². The molecule has 6 heteroatoms. The van der Waals surface area contributed by atoms with Crippen molar-refractivity contribution in [2.75, 3.05) is 18.4 Å². The zero-order valence-electron chi connectivity index (χ0n) is 14.9. The number of likely N-dealkylation sites (tertiary alicyclic amines) is 1. The highest BCUT2D eigenvalue weighted by atomic mass is 35.5. The van der Waals surface area contributed by atoms with E-state index in [-0.39, 0.29) is 17.0 Å². The fraction of sp³-hybridized carbons (Fsp3) is 0.350. The van der Waals surface area contributed by atoms with Gasteiger partial charge in [-0.3, -0.25) is 9.59 Å². The van der Waals surface area contributed by atoms with E-state index < -0.39 is 0 Å². The van der Waals surface area contributed by atoms with Gasteiger partial charge in [-0.25, -0.2) is 4.98 Å². The molecule has 5 nitrogen and oxygen atoms in total. The lowest BCUT2D eigenvalue weighted by Gasteiger charge is -2.35. The van der Waals surface area contributed by atoms with Gasteiger partial charge in [-0.1, -0.05) is 37.6 Å². The number of nitrogens with one attached hydrogen (secondary N) is 1. The van der Waals surface area contributed by atoms with Gasteiger partial charge >= 0.3 is 0 Å². The van der Waals surface area contributed by atoms with Gasteiger partial charge in [-0.05, 0) is 42.5 Å². The molecule has 0 aliphatic carbocycles. The number of nitrogens with zero attached hydrogens (tertiary/aromatic N) is 2. The molecule has 1 aliphatic rings. The normalized spacial score (nSPS) is 19.9. The third-order valence-electron chi connectivity index (χ3n) is 4.55. The van der Waals surface area contributed by atoms with Crippen LogP contribution in [0.5, 0.6) is 0 Å². The van der Waals surface area contributed by atoms with E-state index in [1.807, 2.05) is 11.0 Å². The van der Waals surface area contributed by atoms with Crippen LogP contribution in [-0.2, 0) is 0 Å². The van der Waals surface area contributed by atoms with Crippen molar-refractivity contribution in [1.29, 1.82) is 0 Å². The maximum Gasteiger partial charge on any atom is 0.255 e. The first-order valence-corrected chi connectivity index (χ1v) is 9.13. The Morgan fingerprint density at radius 1 is 1.15 bits per heavy atom. The summed E-state index contributed by atoms with van der Waals surface area (Å²) >= 11 is 5.85. The number of rotatable bonds is 3. The average Bonchev–Trinajstić information content (AvgIpc) is 2.61. The van der Waals surface area contributed by atoms with E-state index in [1.165, 1.54) is 12.3 Å². The van der Waals surface area contributed by atoms with Crippen LogP contribution in [0.25, 0.3) is 0 Å². The predicted octanol–water partition coefficient (Wildman–Crippen LogP) is 4.11. The molecule has 0 spiro atoms. The molecule has 2 unspecified atom stereocenters. The minimum absolute atomic E-state index is 0.0490. The summed E-state index contributed by atoms with van der Waals surface area (Å²) in [5.41, 5.74) is 1.40. The zero-order valence-corrected chi connectivity index (χ0v) is 15.7. The van der Waals surface area contributed by atoms with Crippen molar-refractivity contribution in [3.8, 4) is 0 Å². The molecule has 1 aliphatic heterocycles. The van der Waals surface area contributed by atoms with E-state index in [2.05, 4.69) is 24.1 Å². The van der Waals surface area contributed by atoms with Crippen LogP contribution in [0.15, 0.2) is 42.6 Å². The Labute approximate surface area is 158 Å². The van der Waals surface area contributed by atoms with Crippen LogP contribution < -0.4 is 5.32 Å². The Morgan fingerprint density at radius 3 is 2.54 bits per heavy atom. The minimum atomic E-state index is -0.324. The van der Waals surface area contributed by atoms with Crippen LogP contribution in [-0.4, -0.2) is 34.8 Å². The molecule has 26 heavy (non-hydrogen) atoms. The second kappa shape index (κ2) is 7.87. The van der Waals surface area contributed by atoms with Gasteiger partial charge in [0.1, 0.15) is 5.15 Å². The molecule has 1 N–H and O–H groups in total. The lowest BCUT2D eigenvalue weighted by molar-refractivity contribution is 0.0624. The zero-order chi connectivity index (χ0) is 18.7. The summed E-state index contributed by atoms with van der Waals surface area (Å²) in [5.74, 6) is 0.578. The number of halogens is 1. The Morgan fingerprint density at radius 2 is 1.85 bits per heavy atom. The summed E-state index contributed by atoms with van der Waals surface area (Å²) in [6.07, 6.45) is 2.61. The van der Waals surface area contributed by atoms with E-state index in [1.54, 1.807) is 24.3 Å². The molecule has 2 amide bonds. The Balaban J connectivity index is 1.82. The Bertz CT molecular complexity index is 814. The van der Waals surface area contributed by atoms with Crippen molar-refractivity contribution in [3.05, 3.63) is 58.9 Å². The number of hydrogen-bond acceptors (Lipinski definition) is 3. The molecule has 3 rings (SSSR count). The molecular weight excluding hydrogens is 350 g/mol. The fourth-order valence-corrected chi connectivity index (χ4v) is 3.69. The summed E-state index contributed by atoms with van der Waals surface area (Å²) in [6, 6.07) is 10.2. The molecule has 1 aromatic carbocycles. The second-order valence-electron chi connectivity index (χ2n) is 7.02. The first kappa shape index (κ1) is 18.4. The highest BCUT2D eigenvalue weighted by Crippen LogP contribution is 2.25. The summed E-state index contributed by atoms with van der Waals surface area (Å²) in [6.45, 7) is 5.81. The van der Waals surface area contributed by atoms with E-state index in [0.29, 0.717) is 28.7 Å². The number of hydrogen-bond donors (Lipinski definition) is 1. The van der Waals surface area contributed by atoms with Crippen molar-refractivity contribution in [1.82, 2.24) is 9.88 Å². The van der Waals surface area contributed by atoms with Crippen molar-refractivity contribution in [2.45, 2.75) is 20.3 Å². The second-order valence-corrected chi connectivity index (χ2v) is 7.41. The van der Waals surface area contributed by atoms with Crippen molar-refractivity contribution < 1.29 is 9.59 Å². The third-order valence-corrected chi connectivity index (χ3v) is 4.76. The van der Waals surface area contributed by atoms with Crippen LogP contribution >= 0.6 is 11.6 Å². The number of para-hydroxylation sites is 1.